The van der Waals surface area contributed by atoms with E-state index >= 15 is 0 Å². The molecule has 3 N–H and O–H groups in total. The molecule has 1 aromatic heterocycles. The molecule has 18 heavy (non-hydrogen) atoms. The van der Waals surface area contributed by atoms with Crippen LogP contribution >= 0.6 is 0 Å². The summed E-state index contributed by atoms with van der Waals surface area (Å²) in [7, 11) is 0. The van der Waals surface area contributed by atoms with E-state index in [4.69, 9.17) is 5.84 Å². The van der Waals surface area contributed by atoms with Crippen molar-refractivity contribution in [1.82, 2.24) is 10.4 Å². The predicted molar refractivity (Wildman–Crippen MR) is 74.8 cm³/mol. The van der Waals surface area contributed by atoms with Crippen LogP contribution in [0.15, 0.2) is 18.5 Å². The van der Waals surface area contributed by atoms with E-state index in [2.05, 4.69) is 37.2 Å². The summed E-state index contributed by atoms with van der Waals surface area (Å²) in [5.41, 5.74) is 5.79. The molecular weight excluding hydrogens is 222 g/mol. The van der Waals surface area contributed by atoms with Crippen LogP contribution in [0.3, 0.4) is 0 Å². The molecule has 1 aliphatic rings. The second-order valence-corrected chi connectivity index (χ2v) is 6.28. The number of hydrazine groups is 1. The van der Waals surface area contributed by atoms with Crippen LogP contribution in [-0.4, -0.2) is 4.98 Å². The molecule has 100 valence electrons. The van der Waals surface area contributed by atoms with E-state index in [0.29, 0.717) is 11.3 Å². The van der Waals surface area contributed by atoms with Gasteiger partial charge < -0.3 is 0 Å². The molecule has 2 atom stereocenters. The number of rotatable bonds is 3. The zero-order valence-electron chi connectivity index (χ0n) is 11.7. The summed E-state index contributed by atoms with van der Waals surface area (Å²) in [4.78, 5) is 4.30. The van der Waals surface area contributed by atoms with Crippen molar-refractivity contribution in [2.45, 2.75) is 52.5 Å². The van der Waals surface area contributed by atoms with Crippen LogP contribution in [0.4, 0.5) is 0 Å². The maximum Gasteiger partial charge on any atom is 0.0508 e. The molecule has 0 aliphatic heterocycles. The van der Waals surface area contributed by atoms with Gasteiger partial charge in [0.05, 0.1) is 6.04 Å². The van der Waals surface area contributed by atoms with Gasteiger partial charge in [0, 0.05) is 12.4 Å². The van der Waals surface area contributed by atoms with Gasteiger partial charge in [0.2, 0.25) is 0 Å². The van der Waals surface area contributed by atoms with Crippen molar-refractivity contribution in [2.24, 2.45) is 17.2 Å². The second kappa shape index (κ2) is 5.37. The number of nitrogens with two attached hydrogens (primary N) is 1. The van der Waals surface area contributed by atoms with Crippen LogP contribution in [0.25, 0.3) is 0 Å². The van der Waals surface area contributed by atoms with E-state index in [1.807, 2.05) is 12.4 Å². The van der Waals surface area contributed by atoms with Crippen LogP contribution in [-0.2, 0) is 0 Å². The molecule has 0 spiro atoms. The molecule has 1 fully saturated rings. The molecule has 3 nitrogen and oxygen atoms in total. The Morgan fingerprint density at radius 2 is 2.17 bits per heavy atom. The summed E-state index contributed by atoms with van der Waals surface area (Å²) in [6.07, 6.45) is 9.02. The highest BCUT2D eigenvalue weighted by molar-refractivity contribution is 5.21. The molecule has 0 bridgehead atoms. The Bertz CT molecular complexity index is 400. The van der Waals surface area contributed by atoms with Crippen molar-refractivity contribution in [1.29, 1.82) is 0 Å². The van der Waals surface area contributed by atoms with E-state index in [-0.39, 0.29) is 6.04 Å². The number of hydrogen-bond acceptors (Lipinski definition) is 3. The third-order valence-electron chi connectivity index (χ3n) is 4.43. The van der Waals surface area contributed by atoms with E-state index in [0.717, 1.165) is 0 Å². The minimum atomic E-state index is 0.215. The third-order valence-corrected chi connectivity index (χ3v) is 4.43. The molecule has 2 unspecified atom stereocenters. The first-order valence-electron chi connectivity index (χ1n) is 6.92. The van der Waals surface area contributed by atoms with E-state index in [9.17, 15) is 0 Å². The SMILES string of the molecule is Cc1cncc(C(NN)C2CCCCC2(C)C)c1. The van der Waals surface area contributed by atoms with Crippen molar-refractivity contribution in [3.05, 3.63) is 29.6 Å². The van der Waals surface area contributed by atoms with Crippen LogP contribution < -0.4 is 11.3 Å². The standard InChI is InChI=1S/C15H25N3/c1-11-8-12(10-17-9-11)14(18-16)13-6-4-5-7-15(13,2)3/h8-10,13-14,18H,4-7,16H2,1-3H3. The molecule has 3 heteroatoms. The predicted octanol–water partition coefficient (Wildman–Crippen LogP) is 3.11. The van der Waals surface area contributed by atoms with Gasteiger partial charge >= 0.3 is 0 Å². The minimum absolute atomic E-state index is 0.215. The second-order valence-electron chi connectivity index (χ2n) is 6.28. The Balaban J connectivity index is 2.27. The lowest BCUT2D eigenvalue weighted by Crippen LogP contribution is -2.41. The van der Waals surface area contributed by atoms with Gasteiger partial charge in [-0.1, -0.05) is 32.8 Å². The number of pyridine rings is 1. The molecular formula is C15H25N3. The Morgan fingerprint density at radius 1 is 1.39 bits per heavy atom. The number of nitrogens with zero attached hydrogens (tertiary/aromatic N) is 1. The van der Waals surface area contributed by atoms with Gasteiger partial charge in [0.25, 0.3) is 0 Å². The summed E-state index contributed by atoms with van der Waals surface area (Å²) < 4.78 is 0. The fourth-order valence-electron chi connectivity index (χ4n) is 3.33. The van der Waals surface area contributed by atoms with Crippen molar-refractivity contribution >= 4 is 0 Å². The molecule has 1 heterocycles. The quantitative estimate of drug-likeness (QED) is 0.637. The Kier molecular flexibility index (Phi) is 4.03. The highest BCUT2D eigenvalue weighted by Crippen LogP contribution is 2.46. The van der Waals surface area contributed by atoms with Crippen molar-refractivity contribution in [3.63, 3.8) is 0 Å². The molecule has 1 aliphatic carbocycles. The zero-order chi connectivity index (χ0) is 13.2. The van der Waals surface area contributed by atoms with Crippen LogP contribution in [0.1, 0.15) is 56.7 Å². The molecule has 2 rings (SSSR count). The van der Waals surface area contributed by atoms with Crippen molar-refractivity contribution in [2.75, 3.05) is 0 Å². The first kappa shape index (κ1) is 13.5. The maximum atomic E-state index is 5.83. The van der Waals surface area contributed by atoms with E-state index in [1.165, 1.54) is 36.8 Å². The molecule has 0 radical (unpaired) electrons. The Hall–Kier alpha value is -0.930. The minimum Gasteiger partial charge on any atom is -0.271 e. The van der Waals surface area contributed by atoms with E-state index < -0.39 is 0 Å². The van der Waals surface area contributed by atoms with Gasteiger partial charge in [-0.3, -0.25) is 16.3 Å². The largest absolute Gasteiger partial charge is 0.271 e. The number of aromatic nitrogens is 1. The van der Waals surface area contributed by atoms with Crippen molar-refractivity contribution < 1.29 is 0 Å². The highest BCUT2D eigenvalue weighted by atomic mass is 15.2. The van der Waals surface area contributed by atoms with Gasteiger partial charge in [0.1, 0.15) is 0 Å². The van der Waals surface area contributed by atoms with Gasteiger partial charge in [-0.15, -0.1) is 0 Å². The maximum absolute atomic E-state index is 5.83. The van der Waals surface area contributed by atoms with Gasteiger partial charge in [-0.05, 0) is 42.2 Å². The third kappa shape index (κ3) is 2.73. The van der Waals surface area contributed by atoms with Gasteiger partial charge in [0.15, 0.2) is 0 Å². The number of nitrogens with one attached hydrogen (secondary N) is 1. The first-order valence-corrected chi connectivity index (χ1v) is 6.92. The summed E-state index contributed by atoms with van der Waals surface area (Å²) >= 11 is 0. The first-order chi connectivity index (χ1) is 8.54. The van der Waals surface area contributed by atoms with Crippen LogP contribution in [0.2, 0.25) is 0 Å². The lowest BCUT2D eigenvalue weighted by molar-refractivity contribution is 0.0981. The number of hydrogen-bond donors (Lipinski definition) is 2. The van der Waals surface area contributed by atoms with Crippen LogP contribution in [0, 0.1) is 18.3 Å². The molecule has 0 saturated heterocycles. The average Bonchev–Trinajstić information content (AvgIpc) is 2.32. The lowest BCUT2D eigenvalue weighted by Gasteiger charge is -2.43. The summed E-state index contributed by atoms with van der Waals surface area (Å²) in [6, 6.07) is 2.41. The van der Waals surface area contributed by atoms with Gasteiger partial charge in [-0.2, -0.15) is 0 Å². The molecule has 1 aromatic rings. The highest BCUT2D eigenvalue weighted by Gasteiger charge is 2.37. The fraction of sp³-hybridized carbons (Fsp3) is 0.667. The van der Waals surface area contributed by atoms with E-state index in [1.54, 1.807) is 0 Å². The van der Waals surface area contributed by atoms with Gasteiger partial charge in [-0.25, -0.2) is 0 Å². The van der Waals surface area contributed by atoms with Crippen LogP contribution in [0.5, 0.6) is 0 Å². The molecule has 1 saturated carbocycles. The monoisotopic (exact) mass is 247 g/mol. The molecule has 0 amide bonds. The summed E-state index contributed by atoms with van der Waals surface area (Å²) in [5, 5.41) is 0. The summed E-state index contributed by atoms with van der Waals surface area (Å²) in [6.45, 7) is 6.81. The average molecular weight is 247 g/mol. The molecule has 0 aromatic carbocycles. The Labute approximate surface area is 110 Å². The summed E-state index contributed by atoms with van der Waals surface area (Å²) in [5.74, 6) is 6.41. The van der Waals surface area contributed by atoms with Crippen molar-refractivity contribution in [3.8, 4) is 0 Å². The lowest BCUT2D eigenvalue weighted by atomic mass is 9.65. The zero-order valence-corrected chi connectivity index (χ0v) is 11.7. The Morgan fingerprint density at radius 3 is 2.78 bits per heavy atom. The number of aryl methyl sites for hydroxylation is 1. The smallest absolute Gasteiger partial charge is 0.0508 e. The normalized spacial score (nSPS) is 24.8. The topological polar surface area (TPSA) is 50.9 Å². The fourth-order valence-corrected chi connectivity index (χ4v) is 3.33.